The Balaban J connectivity index is 2.24. The number of benzene rings is 2. The highest BCUT2D eigenvalue weighted by atomic mass is 15.1. The Hall–Kier alpha value is -2.61. The molecule has 0 fully saturated rings. The largest absolute Gasteiger partial charge is 0.295 e. The van der Waals surface area contributed by atoms with Crippen molar-refractivity contribution in [3.8, 4) is 5.69 Å². The van der Waals surface area contributed by atoms with Gasteiger partial charge in [0.1, 0.15) is 11.2 Å². The number of hydrogen-bond acceptors (Lipinski definition) is 0. The molecule has 0 N–H and O–H groups in total. The normalized spacial score (nSPS) is 11.8. The van der Waals surface area contributed by atoms with E-state index in [9.17, 15) is 0 Å². The summed E-state index contributed by atoms with van der Waals surface area (Å²) in [6.45, 7) is 11.2. The Bertz CT molecular complexity index is 1150. The maximum absolute atomic E-state index is 2.45. The van der Waals surface area contributed by atoms with Crippen molar-refractivity contribution in [3.63, 3.8) is 0 Å². The lowest BCUT2D eigenvalue weighted by Crippen LogP contribution is -2.30. The predicted octanol–water partition coefficient (Wildman–Crippen LogP) is 5.66. The van der Waals surface area contributed by atoms with Gasteiger partial charge in [-0.3, -0.25) is 0 Å². The summed E-state index contributed by atoms with van der Waals surface area (Å²) in [6.07, 6.45) is 2.17. The fourth-order valence-electron chi connectivity index (χ4n) is 4.24. The molecule has 0 aliphatic heterocycles. The van der Waals surface area contributed by atoms with E-state index in [2.05, 4.69) is 99.5 Å². The second-order valence-electron chi connectivity index (χ2n) is 7.81. The lowest BCUT2D eigenvalue weighted by Gasteiger charge is -2.13. The molecular weight excluding hydrogens is 316 g/mol. The Morgan fingerprint density at radius 3 is 2.46 bits per heavy atom. The first-order valence-electron chi connectivity index (χ1n) is 9.40. The molecule has 0 bridgehead atoms. The Kier molecular flexibility index (Phi) is 3.87. The summed E-state index contributed by atoms with van der Waals surface area (Å²) in [7, 11) is 2.14. The lowest BCUT2D eigenvalue weighted by atomic mass is 9.97. The molecule has 0 saturated heterocycles. The van der Waals surface area contributed by atoms with Gasteiger partial charge in [0.2, 0.25) is 0 Å². The van der Waals surface area contributed by atoms with Crippen molar-refractivity contribution in [3.05, 3.63) is 70.9 Å². The third-order valence-corrected chi connectivity index (χ3v) is 5.59. The summed E-state index contributed by atoms with van der Waals surface area (Å²) in [5.74, 6) is 0.514. The van der Waals surface area contributed by atoms with Crippen LogP contribution in [0.3, 0.4) is 0 Å². The van der Waals surface area contributed by atoms with Crippen LogP contribution in [-0.4, -0.2) is 4.57 Å². The summed E-state index contributed by atoms with van der Waals surface area (Å²) in [4.78, 5) is 0. The van der Waals surface area contributed by atoms with Crippen LogP contribution in [0.1, 0.15) is 42.0 Å². The van der Waals surface area contributed by atoms with Gasteiger partial charge >= 0.3 is 0 Å². The molecule has 2 aromatic heterocycles. The first-order valence-corrected chi connectivity index (χ1v) is 9.40. The fourth-order valence-corrected chi connectivity index (χ4v) is 4.24. The van der Waals surface area contributed by atoms with Crippen LogP contribution in [0.4, 0.5) is 0 Å². The zero-order valence-corrected chi connectivity index (χ0v) is 16.6. The monoisotopic (exact) mass is 343 g/mol. The first-order chi connectivity index (χ1) is 12.4. The third kappa shape index (κ3) is 2.36. The van der Waals surface area contributed by atoms with Gasteiger partial charge < -0.3 is 0 Å². The van der Waals surface area contributed by atoms with Gasteiger partial charge in [-0.25, -0.2) is 4.57 Å². The molecule has 0 aliphatic carbocycles. The number of aromatic nitrogens is 2. The molecule has 2 aromatic carbocycles. The number of nitrogens with zero attached hydrogens (tertiary/aromatic N) is 2. The Morgan fingerprint density at radius 1 is 0.962 bits per heavy atom. The van der Waals surface area contributed by atoms with Crippen LogP contribution >= 0.6 is 0 Å². The second-order valence-corrected chi connectivity index (χ2v) is 7.81. The molecule has 0 unspecified atom stereocenters. The molecular formula is C24H27N2+. The Morgan fingerprint density at radius 2 is 1.73 bits per heavy atom. The molecule has 2 heteroatoms. The van der Waals surface area contributed by atoms with Crippen molar-refractivity contribution in [1.82, 2.24) is 4.57 Å². The molecule has 0 radical (unpaired) electrons. The van der Waals surface area contributed by atoms with E-state index in [0.29, 0.717) is 5.92 Å². The summed E-state index contributed by atoms with van der Waals surface area (Å²) >= 11 is 0. The summed E-state index contributed by atoms with van der Waals surface area (Å²) < 4.78 is 4.70. The number of pyridine rings is 1. The van der Waals surface area contributed by atoms with E-state index < -0.39 is 0 Å². The van der Waals surface area contributed by atoms with Crippen molar-refractivity contribution < 1.29 is 4.57 Å². The van der Waals surface area contributed by atoms with Crippen LogP contribution in [0.25, 0.3) is 27.6 Å². The smallest absolute Gasteiger partial charge is 0.236 e. The quantitative estimate of drug-likeness (QED) is 0.415. The fraction of sp³-hybridized carbons (Fsp3) is 0.292. The molecule has 4 rings (SSSR count). The third-order valence-electron chi connectivity index (χ3n) is 5.59. The van der Waals surface area contributed by atoms with E-state index in [0.717, 1.165) is 0 Å². The van der Waals surface area contributed by atoms with E-state index in [1.807, 2.05) is 0 Å². The molecule has 0 atom stereocenters. The molecule has 0 amide bonds. The van der Waals surface area contributed by atoms with Gasteiger partial charge in [-0.15, -0.1) is 0 Å². The van der Waals surface area contributed by atoms with Gasteiger partial charge in [0.15, 0.2) is 0 Å². The van der Waals surface area contributed by atoms with Crippen molar-refractivity contribution in [2.75, 3.05) is 0 Å². The minimum absolute atomic E-state index is 0.514. The maximum Gasteiger partial charge on any atom is 0.295 e. The van der Waals surface area contributed by atoms with Gasteiger partial charge in [-0.2, -0.15) is 4.57 Å². The molecule has 0 saturated carbocycles. The average Bonchev–Trinajstić information content (AvgIpc) is 2.93. The molecule has 4 aromatic rings. The molecule has 2 nitrogen and oxygen atoms in total. The number of rotatable bonds is 2. The van der Waals surface area contributed by atoms with Gasteiger partial charge in [0.05, 0.1) is 18.6 Å². The highest BCUT2D eigenvalue weighted by Gasteiger charge is 2.25. The highest BCUT2D eigenvalue weighted by Crippen LogP contribution is 2.35. The van der Waals surface area contributed by atoms with Gasteiger partial charge in [0.25, 0.3) is 5.65 Å². The number of fused-ring (bicyclic) bond motifs is 3. The maximum atomic E-state index is 2.45. The predicted molar refractivity (Wildman–Crippen MR) is 110 cm³/mol. The average molecular weight is 343 g/mol. The number of aryl methyl sites for hydroxylation is 3. The summed E-state index contributed by atoms with van der Waals surface area (Å²) in [5.41, 5.74) is 9.22. The van der Waals surface area contributed by atoms with E-state index in [1.165, 1.54) is 49.9 Å². The Labute approximate surface area is 155 Å². The van der Waals surface area contributed by atoms with Crippen LogP contribution in [0.5, 0.6) is 0 Å². The highest BCUT2D eigenvalue weighted by molar-refractivity contribution is 6.08. The molecule has 2 heterocycles. The van der Waals surface area contributed by atoms with Crippen LogP contribution < -0.4 is 4.57 Å². The first kappa shape index (κ1) is 16.8. The van der Waals surface area contributed by atoms with E-state index in [-0.39, 0.29) is 0 Å². The van der Waals surface area contributed by atoms with Crippen LogP contribution in [-0.2, 0) is 7.05 Å². The van der Waals surface area contributed by atoms with Crippen molar-refractivity contribution >= 4 is 21.9 Å². The van der Waals surface area contributed by atoms with Crippen molar-refractivity contribution in [2.24, 2.45) is 7.05 Å². The van der Waals surface area contributed by atoms with Crippen LogP contribution in [0.2, 0.25) is 0 Å². The molecule has 0 spiro atoms. The molecule has 132 valence electrons. The molecule has 26 heavy (non-hydrogen) atoms. The van der Waals surface area contributed by atoms with Crippen molar-refractivity contribution in [1.29, 1.82) is 0 Å². The van der Waals surface area contributed by atoms with Gasteiger partial charge in [-0.1, -0.05) is 32.0 Å². The van der Waals surface area contributed by atoms with E-state index >= 15 is 0 Å². The standard InChI is InChI=1S/C24H27N2/c1-15(2)19-8-7-9-21(18(19)5)26-22-14-16(3)10-11-20(22)23-17(4)12-13-25(6)24(23)26/h7-15H,1-6H3/q+1. The minimum atomic E-state index is 0.514. The van der Waals surface area contributed by atoms with Crippen molar-refractivity contribution in [2.45, 2.75) is 40.5 Å². The van der Waals surface area contributed by atoms with E-state index in [4.69, 9.17) is 0 Å². The van der Waals surface area contributed by atoms with E-state index in [1.54, 1.807) is 0 Å². The second kappa shape index (κ2) is 5.98. The van der Waals surface area contributed by atoms with Crippen LogP contribution in [0, 0.1) is 20.8 Å². The summed E-state index contributed by atoms with van der Waals surface area (Å²) in [5, 5.41) is 2.67. The molecule has 0 aliphatic rings. The van der Waals surface area contributed by atoms with Crippen LogP contribution in [0.15, 0.2) is 48.7 Å². The SMILES string of the molecule is Cc1ccc2c3c(C)cc[n+](C)c3n(-c3cccc(C(C)C)c3C)c2c1. The number of hydrogen-bond donors (Lipinski definition) is 0. The lowest BCUT2D eigenvalue weighted by molar-refractivity contribution is -0.647. The van der Waals surface area contributed by atoms with Gasteiger partial charge in [-0.05, 0) is 73.2 Å². The topological polar surface area (TPSA) is 8.81 Å². The minimum Gasteiger partial charge on any atom is -0.236 e. The zero-order valence-electron chi connectivity index (χ0n) is 16.6. The zero-order chi connectivity index (χ0) is 18.6. The van der Waals surface area contributed by atoms with Gasteiger partial charge in [0, 0.05) is 5.39 Å². The summed E-state index contributed by atoms with van der Waals surface area (Å²) in [6, 6.07) is 15.7.